The molecule has 1 amide bonds. The lowest BCUT2D eigenvalue weighted by Gasteiger charge is -2.30. The summed E-state index contributed by atoms with van der Waals surface area (Å²) in [5, 5.41) is 0.398. The van der Waals surface area contributed by atoms with Gasteiger partial charge >= 0.3 is 0 Å². The number of anilines is 2. The molecule has 164 valence electrons. The van der Waals surface area contributed by atoms with Crippen LogP contribution in [-0.2, 0) is 4.79 Å². The number of ether oxygens (including phenoxy) is 1. The van der Waals surface area contributed by atoms with Crippen molar-refractivity contribution >= 4 is 40.8 Å². The van der Waals surface area contributed by atoms with E-state index in [1.807, 2.05) is 72.8 Å². The Labute approximate surface area is 199 Å². The van der Waals surface area contributed by atoms with Gasteiger partial charge in [0.05, 0.1) is 29.9 Å². The average Bonchev–Trinajstić information content (AvgIpc) is 2.85. The van der Waals surface area contributed by atoms with Crippen molar-refractivity contribution in [3.8, 4) is 17.0 Å². The van der Waals surface area contributed by atoms with Crippen molar-refractivity contribution in [2.45, 2.75) is 14.9 Å². The zero-order valence-corrected chi connectivity index (χ0v) is 19.3. The number of H-pyrrole nitrogens is 1. The monoisotopic (exact) mass is 473 g/mol. The van der Waals surface area contributed by atoms with Gasteiger partial charge in [-0.3, -0.25) is 14.5 Å². The van der Waals surface area contributed by atoms with E-state index in [2.05, 4.69) is 9.97 Å². The highest BCUT2D eigenvalue weighted by Gasteiger charge is 2.27. The summed E-state index contributed by atoms with van der Waals surface area (Å²) < 4.78 is 5.19. The third-order valence-electron chi connectivity index (χ3n) is 5.12. The second-order valence-electron chi connectivity index (χ2n) is 7.22. The Balaban J connectivity index is 1.40. The Morgan fingerprint density at radius 3 is 2.27 bits per heavy atom. The van der Waals surface area contributed by atoms with Crippen LogP contribution in [0.25, 0.3) is 11.3 Å². The summed E-state index contributed by atoms with van der Waals surface area (Å²) in [5.74, 6) is 0.768. The SMILES string of the molecule is COc1ccc(-c2cc(=O)[nH]c(SCC(=O)N3c4ccccc4Sc4ccccc43)n2)cc1. The van der Waals surface area contributed by atoms with Crippen LogP contribution in [0.5, 0.6) is 5.75 Å². The summed E-state index contributed by atoms with van der Waals surface area (Å²) in [6.07, 6.45) is 0. The molecule has 0 saturated heterocycles. The molecule has 0 aliphatic carbocycles. The number of aromatic amines is 1. The van der Waals surface area contributed by atoms with Gasteiger partial charge in [0.1, 0.15) is 5.75 Å². The third-order valence-corrected chi connectivity index (χ3v) is 7.11. The van der Waals surface area contributed by atoms with Crippen molar-refractivity contribution in [2.75, 3.05) is 17.8 Å². The van der Waals surface area contributed by atoms with E-state index in [9.17, 15) is 9.59 Å². The molecule has 1 aromatic heterocycles. The number of para-hydroxylation sites is 2. The maximum absolute atomic E-state index is 13.4. The lowest BCUT2D eigenvalue weighted by atomic mass is 10.1. The van der Waals surface area contributed by atoms with Gasteiger partial charge in [-0.15, -0.1) is 0 Å². The first-order chi connectivity index (χ1) is 16.1. The molecule has 0 saturated carbocycles. The smallest absolute Gasteiger partial charge is 0.252 e. The van der Waals surface area contributed by atoms with E-state index in [4.69, 9.17) is 4.74 Å². The summed E-state index contributed by atoms with van der Waals surface area (Å²) in [5.41, 5.74) is 2.80. The fraction of sp³-hybridized carbons (Fsp3) is 0.0800. The molecule has 4 aromatic rings. The maximum Gasteiger partial charge on any atom is 0.252 e. The van der Waals surface area contributed by atoms with E-state index in [1.54, 1.807) is 23.8 Å². The van der Waals surface area contributed by atoms with Gasteiger partial charge in [0.15, 0.2) is 5.16 Å². The van der Waals surface area contributed by atoms with E-state index in [0.29, 0.717) is 10.9 Å². The fourth-order valence-electron chi connectivity index (χ4n) is 3.58. The minimum Gasteiger partial charge on any atom is -0.497 e. The molecule has 1 aliphatic rings. The van der Waals surface area contributed by atoms with Crippen molar-refractivity contribution in [3.63, 3.8) is 0 Å². The second-order valence-corrected chi connectivity index (χ2v) is 9.27. The number of carbonyl (C=O) groups is 1. The number of nitrogens with one attached hydrogen (secondary N) is 1. The third kappa shape index (κ3) is 4.40. The summed E-state index contributed by atoms with van der Waals surface area (Å²) in [6.45, 7) is 0. The predicted molar refractivity (Wildman–Crippen MR) is 132 cm³/mol. The largest absolute Gasteiger partial charge is 0.497 e. The molecule has 33 heavy (non-hydrogen) atoms. The van der Waals surface area contributed by atoms with Gasteiger partial charge in [-0.1, -0.05) is 47.8 Å². The molecule has 0 unspecified atom stereocenters. The Hall–Kier alpha value is -3.49. The molecule has 2 heterocycles. The topological polar surface area (TPSA) is 75.3 Å². The number of methoxy groups -OCH3 is 1. The number of nitrogens with zero attached hydrogens (tertiary/aromatic N) is 2. The summed E-state index contributed by atoms with van der Waals surface area (Å²) in [7, 11) is 1.60. The average molecular weight is 474 g/mol. The maximum atomic E-state index is 13.4. The molecule has 1 N–H and O–H groups in total. The van der Waals surface area contributed by atoms with Crippen molar-refractivity contribution in [1.82, 2.24) is 9.97 Å². The van der Waals surface area contributed by atoms with Gasteiger partial charge in [0, 0.05) is 21.4 Å². The van der Waals surface area contributed by atoms with E-state index in [1.165, 1.54) is 17.8 Å². The lowest BCUT2D eigenvalue weighted by molar-refractivity contribution is -0.115. The molecule has 0 fully saturated rings. The minimum atomic E-state index is -0.268. The predicted octanol–water partition coefficient (Wildman–Crippen LogP) is 5.37. The Kier molecular flexibility index (Phi) is 5.93. The highest BCUT2D eigenvalue weighted by molar-refractivity contribution is 8.00. The molecule has 8 heteroatoms. The molecular formula is C25H19N3O3S2. The molecule has 0 atom stereocenters. The fourth-order valence-corrected chi connectivity index (χ4v) is 5.36. The number of aromatic nitrogens is 2. The van der Waals surface area contributed by atoms with Crippen molar-refractivity contribution in [2.24, 2.45) is 0 Å². The van der Waals surface area contributed by atoms with Gasteiger partial charge in [-0.05, 0) is 48.5 Å². The number of benzene rings is 3. The highest BCUT2D eigenvalue weighted by Crippen LogP contribution is 2.48. The van der Waals surface area contributed by atoms with Crippen molar-refractivity contribution in [3.05, 3.63) is 89.2 Å². The van der Waals surface area contributed by atoms with Gasteiger partial charge in [0.2, 0.25) is 5.91 Å². The van der Waals surface area contributed by atoms with Gasteiger partial charge in [-0.25, -0.2) is 4.98 Å². The van der Waals surface area contributed by atoms with Crippen LogP contribution in [0.3, 0.4) is 0 Å². The lowest BCUT2D eigenvalue weighted by Crippen LogP contribution is -2.30. The van der Waals surface area contributed by atoms with E-state index < -0.39 is 0 Å². The number of hydrogen-bond acceptors (Lipinski definition) is 6. The van der Waals surface area contributed by atoms with Gasteiger partial charge in [0.25, 0.3) is 5.56 Å². The van der Waals surface area contributed by atoms with Crippen LogP contribution in [0.4, 0.5) is 11.4 Å². The first-order valence-corrected chi connectivity index (χ1v) is 12.0. The van der Waals surface area contributed by atoms with Crippen LogP contribution in [0.2, 0.25) is 0 Å². The van der Waals surface area contributed by atoms with Gasteiger partial charge in [-0.2, -0.15) is 0 Å². The number of carbonyl (C=O) groups excluding carboxylic acids is 1. The number of hydrogen-bond donors (Lipinski definition) is 1. The Bertz CT molecular complexity index is 1340. The standard InChI is InChI=1S/C25H19N3O3S2/c1-31-17-12-10-16(11-13-17)18-14-23(29)27-25(26-18)32-15-24(30)28-19-6-2-4-8-21(19)33-22-9-5-3-7-20(22)28/h2-14H,15H2,1H3,(H,26,27,29). The zero-order valence-electron chi connectivity index (χ0n) is 17.6. The van der Waals surface area contributed by atoms with Crippen LogP contribution < -0.4 is 15.2 Å². The zero-order chi connectivity index (χ0) is 22.8. The van der Waals surface area contributed by atoms with Crippen LogP contribution in [0, 0.1) is 0 Å². The number of amides is 1. The second kappa shape index (κ2) is 9.17. The quantitative estimate of drug-likeness (QED) is 0.310. The van der Waals surface area contributed by atoms with Crippen LogP contribution in [-0.4, -0.2) is 28.7 Å². The summed E-state index contributed by atoms with van der Waals surface area (Å²) in [6, 6.07) is 24.5. The number of fused-ring (bicyclic) bond motifs is 2. The Morgan fingerprint density at radius 1 is 1.00 bits per heavy atom. The molecule has 1 aliphatic heterocycles. The normalized spacial score (nSPS) is 12.1. The summed E-state index contributed by atoms with van der Waals surface area (Å²) in [4.78, 5) is 36.7. The van der Waals surface area contributed by atoms with E-state index in [-0.39, 0.29) is 17.2 Å². The van der Waals surface area contributed by atoms with Crippen molar-refractivity contribution in [1.29, 1.82) is 0 Å². The number of thioether (sulfide) groups is 1. The van der Waals surface area contributed by atoms with E-state index in [0.717, 1.165) is 32.5 Å². The molecule has 0 radical (unpaired) electrons. The first-order valence-electron chi connectivity index (χ1n) is 10.2. The molecular weight excluding hydrogens is 454 g/mol. The van der Waals surface area contributed by atoms with E-state index >= 15 is 0 Å². The van der Waals surface area contributed by atoms with Gasteiger partial charge < -0.3 is 9.72 Å². The molecule has 3 aromatic carbocycles. The molecule has 6 nitrogen and oxygen atoms in total. The van der Waals surface area contributed by atoms with Crippen LogP contribution >= 0.6 is 23.5 Å². The molecule has 5 rings (SSSR count). The summed E-state index contributed by atoms with van der Waals surface area (Å²) >= 11 is 2.87. The molecule has 0 spiro atoms. The first kappa shape index (κ1) is 21.4. The molecule has 0 bridgehead atoms. The Morgan fingerprint density at radius 2 is 1.64 bits per heavy atom. The van der Waals surface area contributed by atoms with Crippen LogP contribution in [0.1, 0.15) is 0 Å². The highest BCUT2D eigenvalue weighted by atomic mass is 32.2. The van der Waals surface area contributed by atoms with Crippen molar-refractivity contribution < 1.29 is 9.53 Å². The van der Waals surface area contributed by atoms with Crippen LogP contribution in [0.15, 0.2) is 98.6 Å². The number of rotatable bonds is 5. The minimum absolute atomic E-state index is 0.0855.